The van der Waals surface area contributed by atoms with Crippen LogP contribution in [0.1, 0.15) is 13.8 Å². The van der Waals surface area contributed by atoms with Crippen LogP contribution >= 0.6 is 0 Å². The molecule has 0 aliphatic rings. The maximum atomic E-state index is 5.83. The monoisotopic (exact) mass is 228 g/mol. The summed E-state index contributed by atoms with van der Waals surface area (Å²) in [6, 6.07) is 6.24. The van der Waals surface area contributed by atoms with E-state index in [0.29, 0.717) is 11.9 Å². The van der Waals surface area contributed by atoms with Gasteiger partial charge in [-0.15, -0.1) is 0 Å². The van der Waals surface area contributed by atoms with E-state index in [0.717, 1.165) is 16.8 Å². The molecule has 0 spiro atoms. The Hall–Kier alpha value is -2.10. The standard InChI is InChI=1S/C13H16N4/c1-9(2)17-12-7-11(8-16-13(12)14)10-3-5-15-6-4-10/h3-9,17H,1-2H3,(H2,14,16). The van der Waals surface area contributed by atoms with E-state index < -0.39 is 0 Å². The van der Waals surface area contributed by atoms with E-state index in [2.05, 4.69) is 29.1 Å². The average molecular weight is 228 g/mol. The van der Waals surface area contributed by atoms with Crippen LogP contribution in [0.2, 0.25) is 0 Å². The van der Waals surface area contributed by atoms with Crippen LogP contribution in [-0.4, -0.2) is 16.0 Å². The predicted molar refractivity (Wildman–Crippen MR) is 70.6 cm³/mol. The van der Waals surface area contributed by atoms with Gasteiger partial charge in [-0.25, -0.2) is 4.98 Å². The maximum absolute atomic E-state index is 5.83. The van der Waals surface area contributed by atoms with Crippen LogP contribution in [0.5, 0.6) is 0 Å². The van der Waals surface area contributed by atoms with Crippen molar-refractivity contribution in [1.29, 1.82) is 0 Å². The van der Waals surface area contributed by atoms with E-state index in [4.69, 9.17) is 5.73 Å². The van der Waals surface area contributed by atoms with Crippen molar-refractivity contribution in [2.45, 2.75) is 19.9 Å². The highest BCUT2D eigenvalue weighted by Crippen LogP contribution is 2.25. The number of nitrogens with one attached hydrogen (secondary N) is 1. The molecule has 17 heavy (non-hydrogen) atoms. The summed E-state index contributed by atoms with van der Waals surface area (Å²) in [5.74, 6) is 0.525. The smallest absolute Gasteiger partial charge is 0.146 e. The minimum atomic E-state index is 0.326. The van der Waals surface area contributed by atoms with Crippen molar-refractivity contribution >= 4 is 11.5 Å². The highest BCUT2D eigenvalue weighted by atomic mass is 15.0. The lowest BCUT2D eigenvalue weighted by Gasteiger charge is -2.13. The molecule has 2 heterocycles. The van der Waals surface area contributed by atoms with Gasteiger partial charge in [-0.3, -0.25) is 4.98 Å². The molecule has 0 aliphatic heterocycles. The lowest BCUT2D eigenvalue weighted by Crippen LogP contribution is -2.12. The second kappa shape index (κ2) is 4.82. The predicted octanol–water partition coefficient (Wildman–Crippen LogP) is 2.55. The first-order valence-electron chi connectivity index (χ1n) is 5.59. The van der Waals surface area contributed by atoms with E-state index in [1.165, 1.54) is 0 Å². The third-order valence-corrected chi connectivity index (χ3v) is 2.38. The zero-order chi connectivity index (χ0) is 12.3. The van der Waals surface area contributed by atoms with Gasteiger partial charge in [-0.05, 0) is 37.6 Å². The Morgan fingerprint density at radius 1 is 1.18 bits per heavy atom. The van der Waals surface area contributed by atoms with Crippen molar-refractivity contribution in [3.8, 4) is 11.1 Å². The highest BCUT2D eigenvalue weighted by molar-refractivity contribution is 5.72. The molecule has 0 bridgehead atoms. The molecule has 0 atom stereocenters. The van der Waals surface area contributed by atoms with Crippen molar-refractivity contribution in [2.24, 2.45) is 0 Å². The van der Waals surface area contributed by atoms with Gasteiger partial charge in [0.15, 0.2) is 0 Å². The largest absolute Gasteiger partial charge is 0.382 e. The number of rotatable bonds is 3. The summed E-state index contributed by atoms with van der Waals surface area (Å²) in [4.78, 5) is 8.20. The Kier molecular flexibility index (Phi) is 3.23. The number of hydrogen-bond donors (Lipinski definition) is 2. The van der Waals surface area contributed by atoms with Gasteiger partial charge in [0.05, 0.1) is 5.69 Å². The molecule has 4 heteroatoms. The Balaban J connectivity index is 2.37. The van der Waals surface area contributed by atoms with Crippen molar-refractivity contribution in [2.75, 3.05) is 11.1 Å². The van der Waals surface area contributed by atoms with E-state index in [1.807, 2.05) is 18.2 Å². The van der Waals surface area contributed by atoms with Gasteiger partial charge in [0.2, 0.25) is 0 Å². The fraction of sp³-hybridized carbons (Fsp3) is 0.231. The molecule has 0 aliphatic carbocycles. The van der Waals surface area contributed by atoms with Crippen molar-refractivity contribution in [3.63, 3.8) is 0 Å². The summed E-state index contributed by atoms with van der Waals surface area (Å²) in [7, 11) is 0. The first-order valence-corrected chi connectivity index (χ1v) is 5.59. The van der Waals surface area contributed by atoms with E-state index in [9.17, 15) is 0 Å². The lowest BCUT2D eigenvalue weighted by molar-refractivity contribution is 0.899. The molecule has 2 rings (SSSR count). The van der Waals surface area contributed by atoms with Crippen LogP contribution in [-0.2, 0) is 0 Å². The van der Waals surface area contributed by atoms with Gasteiger partial charge in [0.1, 0.15) is 5.82 Å². The second-order valence-corrected chi connectivity index (χ2v) is 4.19. The number of nitrogens with two attached hydrogens (primary N) is 1. The minimum absolute atomic E-state index is 0.326. The Labute approximate surface area is 101 Å². The van der Waals surface area contributed by atoms with Gasteiger partial charge in [0.25, 0.3) is 0 Å². The van der Waals surface area contributed by atoms with Gasteiger partial charge < -0.3 is 11.1 Å². The number of anilines is 2. The van der Waals surface area contributed by atoms with Crippen LogP contribution in [0.3, 0.4) is 0 Å². The zero-order valence-electron chi connectivity index (χ0n) is 10.0. The van der Waals surface area contributed by atoms with Crippen LogP contribution in [0.25, 0.3) is 11.1 Å². The highest BCUT2D eigenvalue weighted by Gasteiger charge is 2.05. The number of nitrogens with zero attached hydrogens (tertiary/aromatic N) is 2. The van der Waals surface area contributed by atoms with Crippen LogP contribution in [0.15, 0.2) is 36.8 Å². The summed E-state index contributed by atoms with van der Waals surface area (Å²) in [6.45, 7) is 4.14. The molecule has 0 fully saturated rings. The first-order chi connectivity index (χ1) is 8.16. The van der Waals surface area contributed by atoms with Gasteiger partial charge >= 0.3 is 0 Å². The third kappa shape index (κ3) is 2.72. The van der Waals surface area contributed by atoms with Crippen molar-refractivity contribution < 1.29 is 0 Å². The SMILES string of the molecule is CC(C)Nc1cc(-c2ccncc2)cnc1N. The third-order valence-electron chi connectivity index (χ3n) is 2.38. The maximum Gasteiger partial charge on any atom is 0.146 e. The van der Waals surface area contributed by atoms with Crippen molar-refractivity contribution in [3.05, 3.63) is 36.8 Å². The number of pyridine rings is 2. The molecule has 88 valence electrons. The normalized spacial score (nSPS) is 10.5. The zero-order valence-corrected chi connectivity index (χ0v) is 10.0. The summed E-state index contributed by atoms with van der Waals surface area (Å²) in [6.07, 6.45) is 5.30. The summed E-state index contributed by atoms with van der Waals surface area (Å²) in [5.41, 5.74) is 8.81. The molecule has 4 nitrogen and oxygen atoms in total. The van der Waals surface area contributed by atoms with Gasteiger partial charge in [-0.1, -0.05) is 0 Å². The minimum Gasteiger partial charge on any atom is -0.382 e. The summed E-state index contributed by atoms with van der Waals surface area (Å²) < 4.78 is 0. The van der Waals surface area contributed by atoms with Crippen LogP contribution in [0, 0.1) is 0 Å². The molecule has 0 unspecified atom stereocenters. The number of aromatic nitrogens is 2. The van der Waals surface area contributed by atoms with Crippen LogP contribution < -0.4 is 11.1 Å². The second-order valence-electron chi connectivity index (χ2n) is 4.19. The summed E-state index contributed by atoms with van der Waals surface area (Å²) in [5, 5.41) is 3.28. The van der Waals surface area contributed by atoms with Gasteiger partial charge in [-0.2, -0.15) is 0 Å². The molecule has 0 saturated carbocycles. The Bertz CT molecular complexity index is 494. The first kappa shape index (κ1) is 11.4. The molecule has 2 aromatic rings. The fourth-order valence-electron chi connectivity index (χ4n) is 1.60. The molecular formula is C13H16N4. The molecule has 0 radical (unpaired) electrons. The topological polar surface area (TPSA) is 63.8 Å². The molecule has 2 aromatic heterocycles. The fourth-order valence-corrected chi connectivity index (χ4v) is 1.60. The van der Waals surface area contributed by atoms with Gasteiger partial charge in [0, 0.05) is 30.2 Å². The lowest BCUT2D eigenvalue weighted by atomic mass is 10.1. The Morgan fingerprint density at radius 2 is 1.88 bits per heavy atom. The molecule has 3 N–H and O–H groups in total. The van der Waals surface area contributed by atoms with E-state index in [-0.39, 0.29) is 0 Å². The Morgan fingerprint density at radius 3 is 2.53 bits per heavy atom. The van der Waals surface area contributed by atoms with Crippen molar-refractivity contribution in [1.82, 2.24) is 9.97 Å². The molecular weight excluding hydrogens is 212 g/mol. The average Bonchev–Trinajstić information content (AvgIpc) is 2.32. The molecule has 0 saturated heterocycles. The van der Waals surface area contributed by atoms with E-state index in [1.54, 1.807) is 18.6 Å². The molecule has 0 amide bonds. The number of hydrogen-bond acceptors (Lipinski definition) is 4. The van der Waals surface area contributed by atoms with Crippen LogP contribution in [0.4, 0.5) is 11.5 Å². The quantitative estimate of drug-likeness (QED) is 0.847. The summed E-state index contributed by atoms with van der Waals surface area (Å²) >= 11 is 0. The number of nitrogen functional groups attached to an aromatic ring is 1. The molecule has 0 aromatic carbocycles. The van der Waals surface area contributed by atoms with E-state index >= 15 is 0 Å².